The average molecular weight is 293 g/mol. The highest BCUT2D eigenvalue weighted by Gasteiger charge is 2.19. The molecule has 108 valence electrons. The first kappa shape index (κ1) is 14.6. The number of para-hydroxylation sites is 1. The number of nitrogens with one attached hydrogen (secondary N) is 2. The van der Waals surface area contributed by atoms with Gasteiger partial charge >= 0.3 is 0 Å². The van der Waals surface area contributed by atoms with Crippen LogP contribution in [-0.2, 0) is 9.84 Å². The van der Waals surface area contributed by atoms with Crippen LogP contribution in [0.1, 0.15) is 32.1 Å². The van der Waals surface area contributed by atoms with Gasteiger partial charge in [-0.25, -0.2) is 13.4 Å². The number of sulfone groups is 1. The van der Waals surface area contributed by atoms with E-state index in [0.717, 1.165) is 5.82 Å². The summed E-state index contributed by atoms with van der Waals surface area (Å²) < 4.78 is 24.5. The molecule has 1 aromatic heterocycles. The maximum atomic E-state index is 12.3. The number of H-pyrrole nitrogens is 1. The van der Waals surface area contributed by atoms with Gasteiger partial charge in [0.15, 0.2) is 9.84 Å². The van der Waals surface area contributed by atoms with Gasteiger partial charge in [0.05, 0.1) is 22.4 Å². The maximum absolute atomic E-state index is 12.3. The molecule has 0 saturated carbocycles. The third kappa shape index (κ3) is 3.19. The molecule has 0 radical (unpaired) electrons. The van der Waals surface area contributed by atoms with Crippen molar-refractivity contribution in [3.8, 4) is 0 Å². The Balaban J connectivity index is 2.29. The van der Waals surface area contributed by atoms with Crippen LogP contribution in [0.3, 0.4) is 0 Å². The zero-order chi connectivity index (χ0) is 14.6. The highest BCUT2D eigenvalue weighted by molar-refractivity contribution is 7.91. The van der Waals surface area contributed by atoms with Crippen molar-refractivity contribution in [1.29, 1.82) is 0 Å². The van der Waals surface area contributed by atoms with E-state index in [1.54, 1.807) is 30.6 Å². The summed E-state index contributed by atoms with van der Waals surface area (Å²) in [6.45, 7) is 3.79. The molecule has 0 aliphatic heterocycles. The number of aromatic nitrogens is 2. The lowest BCUT2D eigenvalue weighted by Gasteiger charge is -2.16. The van der Waals surface area contributed by atoms with Gasteiger partial charge in [-0.1, -0.05) is 19.1 Å². The highest BCUT2D eigenvalue weighted by Crippen LogP contribution is 2.25. The molecule has 2 aromatic rings. The van der Waals surface area contributed by atoms with E-state index in [9.17, 15) is 8.42 Å². The Kier molecular flexibility index (Phi) is 4.44. The number of rotatable bonds is 6. The van der Waals surface area contributed by atoms with Crippen LogP contribution in [0.5, 0.6) is 0 Å². The molecule has 0 bridgehead atoms. The Hall–Kier alpha value is -1.82. The quantitative estimate of drug-likeness (QED) is 0.858. The Labute approximate surface area is 119 Å². The molecule has 0 aliphatic carbocycles. The second-order valence-electron chi connectivity index (χ2n) is 4.66. The van der Waals surface area contributed by atoms with Crippen molar-refractivity contribution in [3.05, 3.63) is 42.5 Å². The van der Waals surface area contributed by atoms with Crippen LogP contribution in [0.2, 0.25) is 0 Å². The lowest BCUT2D eigenvalue weighted by atomic mass is 10.2. The zero-order valence-corrected chi connectivity index (χ0v) is 12.4. The second kappa shape index (κ2) is 6.09. The minimum Gasteiger partial charge on any atom is -0.374 e. The van der Waals surface area contributed by atoms with Crippen molar-refractivity contribution in [2.45, 2.75) is 31.2 Å². The molecule has 1 atom stereocenters. The molecule has 2 N–H and O–H groups in total. The maximum Gasteiger partial charge on any atom is 0.180 e. The zero-order valence-electron chi connectivity index (χ0n) is 11.6. The minimum atomic E-state index is -3.25. The summed E-state index contributed by atoms with van der Waals surface area (Å²) in [6, 6.07) is 6.89. The van der Waals surface area contributed by atoms with Gasteiger partial charge < -0.3 is 10.3 Å². The normalized spacial score (nSPS) is 13.1. The first-order valence-electron chi connectivity index (χ1n) is 6.62. The molecular formula is C14H19N3O2S. The standard InChI is InChI=1S/C14H19N3O2S/c1-3-10-20(18,19)13-7-5-4-6-12(13)17-11(2)14-15-8-9-16-14/h4-9,11,17H,3,10H2,1-2H3,(H,15,16). The Morgan fingerprint density at radius 1 is 1.35 bits per heavy atom. The van der Waals surface area contributed by atoms with Gasteiger partial charge in [-0.05, 0) is 25.5 Å². The van der Waals surface area contributed by atoms with Crippen molar-refractivity contribution >= 4 is 15.5 Å². The number of hydrogen-bond donors (Lipinski definition) is 2. The summed E-state index contributed by atoms with van der Waals surface area (Å²) in [4.78, 5) is 7.54. The summed E-state index contributed by atoms with van der Waals surface area (Å²) in [5.74, 6) is 0.925. The molecular weight excluding hydrogens is 274 g/mol. The molecule has 5 nitrogen and oxygen atoms in total. The Morgan fingerprint density at radius 2 is 2.10 bits per heavy atom. The molecule has 0 amide bonds. The largest absolute Gasteiger partial charge is 0.374 e. The molecule has 20 heavy (non-hydrogen) atoms. The average Bonchev–Trinajstić information content (AvgIpc) is 2.93. The Morgan fingerprint density at radius 3 is 2.75 bits per heavy atom. The van der Waals surface area contributed by atoms with Crippen LogP contribution in [0.15, 0.2) is 41.6 Å². The van der Waals surface area contributed by atoms with Gasteiger partial charge in [0.1, 0.15) is 5.82 Å². The first-order valence-corrected chi connectivity index (χ1v) is 8.27. The summed E-state index contributed by atoms with van der Waals surface area (Å²) >= 11 is 0. The molecule has 0 fully saturated rings. The predicted molar refractivity (Wildman–Crippen MR) is 79.4 cm³/mol. The molecule has 0 saturated heterocycles. The van der Waals surface area contributed by atoms with E-state index in [1.165, 1.54) is 0 Å². The van der Waals surface area contributed by atoms with Gasteiger partial charge in [-0.3, -0.25) is 0 Å². The van der Waals surface area contributed by atoms with Crippen molar-refractivity contribution < 1.29 is 8.42 Å². The van der Waals surface area contributed by atoms with Crippen LogP contribution in [0, 0.1) is 0 Å². The van der Waals surface area contributed by atoms with E-state index >= 15 is 0 Å². The van der Waals surface area contributed by atoms with Crippen LogP contribution in [0.25, 0.3) is 0 Å². The molecule has 1 unspecified atom stereocenters. The summed E-state index contributed by atoms with van der Waals surface area (Å²) in [5, 5.41) is 3.20. The lowest BCUT2D eigenvalue weighted by Crippen LogP contribution is -2.13. The fourth-order valence-electron chi connectivity index (χ4n) is 2.05. The van der Waals surface area contributed by atoms with Gasteiger partial charge in [0, 0.05) is 12.4 Å². The summed E-state index contributed by atoms with van der Waals surface area (Å²) in [5.41, 5.74) is 0.616. The fourth-order valence-corrected chi connectivity index (χ4v) is 3.56. The smallest absolute Gasteiger partial charge is 0.180 e. The lowest BCUT2D eigenvalue weighted by molar-refractivity contribution is 0.595. The van der Waals surface area contributed by atoms with E-state index in [2.05, 4.69) is 15.3 Å². The van der Waals surface area contributed by atoms with Gasteiger partial charge in [-0.15, -0.1) is 0 Å². The van der Waals surface area contributed by atoms with Gasteiger partial charge in [0.2, 0.25) is 0 Å². The Bertz CT molecular complexity index is 651. The van der Waals surface area contributed by atoms with Crippen LogP contribution in [-0.4, -0.2) is 24.1 Å². The van der Waals surface area contributed by atoms with Gasteiger partial charge in [0.25, 0.3) is 0 Å². The van der Waals surface area contributed by atoms with E-state index in [4.69, 9.17) is 0 Å². The number of anilines is 1. The number of nitrogens with zero attached hydrogens (tertiary/aromatic N) is 1. The van der Waals surface area contributed by atoms with Crippen molar-refractivity contribution in [2.24, 2.45) is 0 Å². The summed E-state index contributed by atoms with van der Waals surface area (Å²) in [7, 11) is -3.25. The number of aromatic amines is 1. The number of hydrogen-bond acceptors (Lipinski definition) is 4. The highest BCUT2D eigenvalue weighted by atomic mass is 32.2. The van der Waals surface area contributed by atoms with Crippen molar-refractivity contribution in [3.63, 3.8) is 0 Å². The van der Waals surface area contributed by atoms with E-state index in [0.29, 0.717) is 17.0 Å². The third-order valence-electron chi connectivity index (χ3n) is 3.00. The molecule has 0 spiro atoms. The van der Waals surface area contributed by atoms with E-state index in [-0.39, 0.29) is 11.8 Å². The molecule has 2 rings (SSSR count). The topological polar surface area (TPSA) is 74.8 Å². The minimum absolute atomic E-state index is 0.0945. The van der Waals surface area contributed by atoms with Crippen molar-refractivity contribution in [2.75, 3.05) is 11.1 Å². The SMILES string of the molecule is CCCS(=O)(=O)c1ccccc1NC(C)c1ncc[nH]1. The predicted octanol–water partition coefficient (Wildman–Crippen LogP) is 2.77. The van der Waals surface area contributed by atoms with Crippen LogP contribution >= 0.6 is 0 Å². The van der Waals surface area contributed by atoms with Crippen molar-refractivity contribution in [1.82, 2.24) is 9.97 Å². The monoisotopic (exact) mass is 293 g/mol. The van der Waals surface area contributed by atoms with Crippen LogP contribution < -0.4 is 5.32 Å². The first-order chi connectivity index (χ1) is 9.54. The number of benzene rings is 1. The van der Waals surface area contributed by atoms with Crippen LogP contribution in [0.4, 0.5) is 5.69 Å². The van der Waals surface area contributed by atoms with Gasteiger partial charge in [-0.2, -0.15) is 0 Å². The summed E-state index contributed by atoms with van der Waals surface area (Å²) in [6.07, 6.45) is 4.02. The molecule has 0 aliphatic rings. The third-order valence-corrected chi connectivity index (χ3v) is 4.97. The molecule has 1 heterocycles. The molecule has 1 aromatic carbocycles. The fraction of sp³-hybridized carbons (Fsp3) is 0.357. The second-order valence-corrected chi connectivity index (χ2v) is 6.73. The van der Waals surface area contributed by atoms with E-state index < -0.39 is 9.84 Å². The molecule has 6 heteroatoms. The van der Waals surface area contributed by atoms with E-state index in [1.807, 2.05) is 19.9 Å². The number of imidazole rings is 1.